The predicted molar refractivity (Wildman–Crippen MR) is 121 cm³/mol. The fourth-order valence-corrected chi connectivity index (χ4v) is 4.70. The number of hydrogen-bond acceptors (Lipinski definition) is 3. The molecule has 3 heteroatoms. The number of hydrogen-bond donors (Lipinski definition) is 0. The van der Waals surface area contributed by atoms with Crippen LogP contribution in [0.4, 0.5) is 0 Å². The molecule has 150 valence electrons. The second kappa shape index (κ2) is 7.77. The summed E-state index contributed by atoms with van der Waals surface area (Å²) >= 11 is 0. The van der Waals surface area contributed by atoms with E-state index in [1.807, 2.05) is 97.1 Å². The van der Waals surface area contributed by atoms with Gasteiger partial charge in [-0.05, 0) is 17.2 Å². The molecule has 0 saturated carbocycles. The standard InChI is InChI=1S/C28H21NO2/c30-25(20-10-3-1-4-11-20)18-28(19-26(31)21-12-5-2-6-13-21)23-15-8-7-14-22(23)27-24(28)16-9-17-29-27/h1-17H,18-19H2. The summed E-state index contributed by atoms with van der Waals surface area (Å²) in [6, 6.07) is 30.5. The van der Waals surface area contributed by atoms with Gasteiger partial charge in [0.2, 0.25) is 0 Å². The maximum atomic E-state index is 13.4. The maximum absolute atomic E-state index is 13.4. The Kier molecular flexibility index (Phi) is 4.79. The van der Waals surface area contributed by atoms with E-state index < -0.39 is 5.41 Å². The van der Waals surface area contributed by atoms with Crippen molar-refractivity contribution in [3.63, 3.8) is 0 Å². The van der Waals surface area contributed by atoms with Gasteiger partial charge in [0.15, 0.2) is 11.6 Å². The number of benzene rings is 3. The highest BCUT2D eigenvalue weighted by atomic mass is 16.1. The molecular weight excluding hydrogens is 382 g/mol. The lowest BCUT2D eigenvalue weighted by molar-refractivity contribution is 0.0918. The van der Waals surface area contributed by atoms with Crippen LogP contribution in [0.25, 0.3) is 11.3 Å². The molecule has 0 spiro atoms. The Morgan fingerprint density at radius 2 is 1.13 bits per heavy atom. The topological polar surface area (TPSA) is 47.0 Å². The largest absolute Gasteiger partial charge is 0.294 e. The van der Waals surface area contributed by atoms with Gasteiger partial charge in [-0.15, -0.1) is 0 Å². The Morgan fingerprint density at radius 3 is 1.74 bits per heavy atom. The quantitative estimate of drug-likeness (QED) is 0.377. The number of carbonyl (C=O) groups is 2. The smallest absolute Gasteiger partial charge is 0.164 e. The molecule has 31 heavy (non-hydrogen) atoms. The Morgan fingerprint density at radius 1 is 0.613 bits per heavy atom. The number of fused-ring (bicyclic) bond motifs is 3. The van der Waals surface area contributed by atoms with Crippen molar-refractivity contribution >= 4 is 11.6 Å². The van der Waals surface area contributed by atoms with Crippen LogP contribution >= 0.6 is 0 Å². The molecule has 0 radical (unpaired) electrons. The molecule has 0 N–H and O–H groups in total. The highest BCUT2D eigenvalue weighted by Gasteiger charge is 2.46. The number of ketones is 2. The molecule has 1 aliphatic rings. The van der Waals surface area contributed by atoms with Crippen LogP contribution in [0.1, 0.15) is 44.7 Å². The summed E-state index contributed by atoms with van der Waals surface area (Å²) in [6.45, 7) is 0. The van der Waals surface area contributed by atoms with Crippen LogP contribution in [0, 0.1) is 0 Å². The number of aromatic nitrogens is 1. The highest BCUT2D eigenvalue weighted by Crippen LogP contribution is 2.52. The first-order valence-corrected chi connectivity index (χ1v) is 10.4. The van der Waals surface area contributed by atoms with Gasteiger partial charge in [0.05, 0.1) is 5.69 Å². The van der Waals surface area contributed by atoms with Gasteiger partial charge in [-0.1, -0.05) is 91.0 Å². The van der Waals surface area contributed by atoms with E-state index in [-0.39, 0.29) is 24.4 Å². The van der Waals surface area contributed by atoms with Gasteiger partial charge in [-0.25, -0.2) is 0 Å². The Hall–Kier alpha value is -3.85. The monoisotopic (exact) mass is 403 g/mol. The molecule has 0 atom stereocenters. The summed E-state index contributed by atoms with van der Waals surface area (Å²) in [6.07, 6.45) is 2.19. The molecule has 3 nitrogen and oxygen atoms in total. The zero-order chi connectivity index (χ0) is 21.3. The van der Waals surface area contributed by atoms with E-state index >= 15 is 0 Å². The molecule has 3 aromatic carbocycles. The summed E-state index contributed by atoms with van der Waals surface area (Å²) in [5, 5.41) is 0. The van der Waals surface area contributed by atoms with E-state index in [2.05, 4.69) is 4.98 Å². The van der Waals surface area contributed by atoms with Crippen LogP contribution in [-0.4, -0.2) is 16.6 Å². The minimum atomic E-state index is -0.750. The van der Waals surface area contributed by atoms with E-state index in [4.69, 9.17) is 0 Å². The van der Waals surface area contributed by atoms with Crippen molar-refractivity contribution in [2.45, 2.75) is 18.3 Å². The van der Waals surface area contributed by atoms with Crippen molar-refractivity contribution in [2.75, 3.05) is 0 Å². The summed E-state index contributed by atoms with van der Waals surface area (Å²) in [4.78, 5) is 31.5. The highest BCUT2D eigenvalue weighted by molar-refractivity contribution is 6.02. The number of nitrogens with zero attached hydrogens (tertiary/aromatic N) is 1. The van der Waals surface area contributed by atoms with Gasteiger partial charge in [0.25, 0.3) is 0 Å². The van der Waals surface area contributed by atoms with Crippen molar-refractivity contribution in [2.24, 2.45) is 0 Å². The second-order valence-electron chi connectivity index (χ2n) is 7.96. The lowest BCUT2D eigenvalue weighted by Crippen LogP contribution is -2.32. The maximum Gasteiger partial charge on any atom is 0.164 e. The zero-order valence-corrected chi connectivity index (χ0v) is 17.0. The minimum absolute atomic E-state index is 0.0213. The third-order valence-corrected chi connectivity index (χ3v) is 6.14. The second-order valence-corrected chi connectivity index (χ2v) is 7.96. The van der Waals surface area contributed by atoms with E-state index in [0.29, 0.717) is 11.1 Å². The molecule has 0 unspecified atom stereocenters. The normalized spacial score (nSPS) is 13.3. The molecule has 5 rings (SSSR count). The summed E-state index contributed by atoms with van der Waals surface area (Å²) in [5.74, 6) is 0.0425. The average Bonchev–Trinajstić information content (AvgIpc) is 3.10. The summed E-state index contributed by atoms with van der Waals surface area (Å²) in [5.41, 5.74) is 4.37. The molecule has 0 saturated heterocycles. The molecule has 0 aliphatic heterocycles. The molecule has 0 amide bonds. The molecular formula is C28H21NO2. The third kappa shape index (κ3) is 3.28. The van der Waals surface area contributed by atoms with E-state index in [1.165, 1.54) is 0 Å². The van der Waals surface area contributed by atoms with E-state index in [9.17, 15) is 9.59 Å². The molecule has 1 aliphatic carbocycles. The number of carbonyl (C=O) groups excluding carboxylic acids is 2. The molecule has 1 aromatic heterocycles. The predicted octanol–water partition coefficient (Wildman–Crippen LogP) is 5.89. The molecule has 4 aromatic rings. The van der Waals surface area contributed by atoms with Crippen LogP contribution in [0.2, 0.25) is 0 Å². The van der Waals surface area contributed by atoms with Gasteiger partial charge < -0.3 is 0 Å². The fraction of sp³-hybridized carbons (Fsp3) is 0.107. The van der Waals surface area contributed by atoms with Crippen molar-refractivity contribution in [1.29, 1.82) is 0 Å². The van der Waals surface area contributed by atoms with Crippen LogP contribution in [0.15, 0.2) is 103 Å². The molecule has 0 fully saturated rings. The Bertz CT molecular complexity index is 1160. The lowest BCUT2D eigenvalue weighted by atomic mass is 9.70. The number of Topliss-reactive ketones (excluding diaryl/α,β-unsaturated/α-hetero) is 2. The van der Waals surface area contributed by atoms with Gasteiger partial charge in [0.1, 0.15) is 0 Å². The van der Waals surface area contributed by atoms with Gasteiger partial charge >= 0.3 is 0 Å². The van der Waals surface area contributed by atoms with Gasteiger partial charge in [0, 0.05) is 41.1 Å². The van der Waals surface area contributed by atoms with Crippen LogP contribution < -0.4 is 0 Å². The zero-order valence-electron chi connectivity index (χ0n) is 17.0. The van der Waals surface area contributed by atoms with Crippen molar-refractivity contribution in [3.8, 4) is 11.3 Å². The first kappa shape index (κ1) is 19.1. The van der Waals surface area contributed by atoms with Gasteiger partial charge in [-0.3, -0.25) is 14.6 Å². The number of pyridine rings is 1. The molecule has 1 heterocycles. The average molecular weight is 403 g/mol. The van der Waals surface area contributed by atoms with E-state index in [1.54, 1.807) is 6.20 Å². The summed E-state index contributed by atoms with van der Waals surface area (Å²) in [7, 11) is 0. The Balaban J connectivity index is 1.67. The number of rotatable bonds is 6. The fourth-order valence-electron chi connectivity index (χ4n) is 4.70. The first-order chi connectivity index (χ1) is 15.2. The minimum Gasteiger partial charge on any atom is -0.294 e. The molecule has 0 bridgehead atoms. The van der Waals surface area contributed by atoms with Crippen LogP contribution in [0.3, 0.4) is 0 Å². The lowest BCUT2D eigenvalue weighted by Gasteiger charge is -2.31. The first-order valence-electron chi connectivity index (χ1n) is 10.4. The third-order valence-electron chi connectivity index (χ3n) is 6.14. The SMILES string of the molecule is O=C(CC1(CC(=O)c2ccccc2)c2ccccc2-c2ncccc21)c1ccccc1. The van der Waals surface area contributed by atoms with Crippen molar-refractivity contribution in [1.82, 2.24) is 4.98 Å². The van der Waals surface area contributed by atoms with Crippen molar-refractivity contribution < 1.29 is 9.59 Å². The van der Waals surface area contributed by atoms with E-state index in [0.717, 1.165) is 22.4 Å². The van der Waals surface area contributed by atoms with Crippen LogP contribution in [0.5, 0.6) is 0 Å². The van der Waals surface area contributed by atoms with Gasteiger partial charge in [-0.2, -0.15) is 0 Å². The summed E-state index contributed by atoms with van der Waals surface area (Å²) < 4.78 is 0. The van der Waals surface area contributed by atoms with Crippen LogP contribution in [-0.2, 0) is 5.41 Å². The van der Waals surface area contributed by atoms with Crippen molar-refractivity contribution in [3.05, 3.63) is 126 Å². The Labute approximate surface area is 181 Å².